The molecule has 0 saturated carbocycles. The predicted molar refractivity (Wildman–Crippen MR) is 54.0 cm³/mol. The summed E-state index contributed by atoms with van der Waals surface area (Å²) in [6.07, 6.45) is 0. The summed E-state index contributed by atoms with van der Waals surface area (Å²) in [7, 11) is 0. The molecule has 0 spiro atoms. The molecule has 0 bridgehead atoms. The van der Waals surface area contributed by atoms with Crippen LogP contribution in [-0.2, 0) is 0 Å². The van der Waals surface area contributed by atoms with Gasteiger partial charge in [0.05, 0.1) is 5.84 Å². The summed E-state index contributed by atoms with van der Waals surface area (Å²) >= 11 is 0. The zero-order valence-electron chi connectivity index (χ0n) is 6.95. The van der Waals surface area contributed by atoms with E-state index in [0.29, 0.717) is 0 Å². The van der Waals surface area contributed by atoms with Crippen molar-refractivity contribution in [1.82, 2.24) is 0 Å². The minimum Gasteiger partial charge on any atom is -0.387 e. The topological polar surface area (TPSA) is 49.9 Å². The maximum Gasteiger partial charge on any atom is 0.0979 e. The molecule has 1 rings (SSSR count). The van der Waals surface area contributed by atoms with Gasteiger partial charge in [0.25, 0.3) is 0 Å². The molecule has 1 atom stereocenters. The highest BCUT2D eigenvalue weighted by molar-refractivity contribution is 5.85. The van der Waals surface area contributed by atoms with E-state index < -0.39 is 0 Å². The Labute approximate surface area is 78.7 Å². The highest BCUT2D eigenvalue weighted by Gasteiger charge is 2.05. The predicted octanol–water partition coefficient (Wildman–Crippen LogP) is 2.15. The molecule has 0 amide bonds. The average Bonchev–Trinajstić information content (AvgIpc) is 2.05. The normalized spacial score (nSPS) is 11.4. The quantitative estimate of drug-likeness (QED) is 0.537. The van der Waals surface area contributed by atoms with E-state index in [4.69, 9.17) is 11.1 Å². The Hall–Kier alpha value is -1.02. The average molecular weight is 185 g/mol. The monoisotopic (exact) mass is 184 g/mol. The van der Waals surface area contributed by atoms with Gasteiger partial charge in [0, 0.05) is 5.92 Å². The van der Waals surface area contributed by atoms with Crippen LogP contribution < -0.4 is 5.73 Å². The number of benzene rings is 1. The number of hydrogen-bond donors (Lipinski definition) is 2. The van der Waals surface area contributed by atoms with E-state index in [1.807, 2.05) is 37.3 Å². The Morgan fingerprint density at radius 1 is 1.33 bits per heavy atom. The summed E-state index contributed by atoms with van der Waals surface area (Å²) in [5.74, 6) is 0.257. The lowest BCUT2D eigenvalue weighted by Gasteiger charge is -2.08. The van der Waals surface area contributed by atoms with Gasteiger partial charge in [-0.25, -0.2) is 0 Å². The molecule has 1 unspecified atom stereocenters. The molecule has 0 aromatic heterocycles. The van der Waals surface area contributed by atoms with E-state index >= 15 is 0 Å². The fourth-order valence-electron chi connectivity index (χ4n) is 0.921. The summed E-state index contributed by atoms with van der Waals surface area (Å²) in [6.45, 7) is 1.93. The van der Waals surface area contributed by atoms with Crippen molar-refractivity contribution in [2.75, 3.05) is 0 Å². The van der Waals surface area contributed by atoms with Gasteiger partial charge in [-0.2, -0.15) is 0 Å². The number of halogens is 1. The fraction of sp³-hybridized carbons (Fsp3) is 0.222. The van der Waals surface area contributed by atoms with Crippen LogP contribution >= 0.6 is 12.4 Å². The van der Waals surface area contributed by atoms with Crippen LogP contribution in [0.3, 0.4) is 0 Å². The van der Waals surface area contributed by atoms with Crippen LogP contribution in [0, 0.1) is 5.41 Å². The van der Waals surface area contributed by atoms with Gasteiger partial charge in [-0.05, 0) is 5.56 Å². The van der Waals surface area contributed by atoms with Crippen LogP contribution in [0.5, 0.6) is 0 Å². The van der Waals surface area contributed by atoms with Crippen molar-refractivity contribution >= 4 is 18.2 Å². The third-order valence-corrected chi connectivity index (χ3v) is 1.77. The zero-order chi connectivity index (χ0) is 8.27. The number of rotatable bonds is 2. The van der Waals surface area contributed by atoms with E-state index in [1.54, 1.807) is 0 Å². The lowest BCUT2D eigenvalue weighted by atomic mass is 10.0. The number of hydrogen-bond acceptors (Lipinski definition) is 1. The highest BCUT2D eigenvalue weighted by atomic mass is 35.5. The summed E-state index contributed by atoms with van der Waals surface area (Å²) in [5, 5.41) is 7.22. The Morgan fingerprint density at radius 2 is 1.83 bits per heavy atom. The third kappa shape index (κ3) is 2.55. The van der Waals surface area contributed by atoms with Crippen molar-refractivity contribution in [3.8, 4) is 0 Å². The van der Waals surface area contributed by atoms with E-state index in [2.05, 4.69) is 0 Å². The van der Waals surface area contributed by atoms with Crippen LogP contribution in [0.2, 0.25) is 0 Å². The standard InChI is InChI=1S/C9H12N2.ClH/c1-7(9(10)11)8-5-3-2-4-6-8;/h2-7H,1H3,(H3,10,11);1H. The first kappa shape index (κ1) is 11.0. The summed E-state index contributed by atoms with van der Waals surface area (Å²) < 4.78 is 0. The van der Waals surface area contributed by atoms with E-state index in [-0.39, 0.29) is 24.2 Å². The van der Waals surface area contributed by atoms with Gasteiger partial charge in [0.2, 0.25) is 0 Å². The molecule has 0 aliphatic rings. The highest BCUT2D eigenvalue weighted by Crippen LogP contribution is 2.12. The molecule has 0 saturated heterocycles. The summed E-state index contributed by atoms with van der Waals surface area (Å²) in [6, 6.07) is 9.82. The smallest absolute Gasteiger partial charge is 0.0979 e. The van der Waals surface area contributed by atoms with Gasteiger partial charge >= 0.3 is 0 Å². The number of nitrogens with two attached hydrogens (primary N) is 1. The van der Waals surface area contributed by atoms with Gasteiger partial charge in [0.1, 0.15) is 0 Å². The van der Waals surface area contributed by atoms with Crippen LogP contribution in [-0.4, -0.2) is 5.84 Å². The molecule has 1 aromatic rings. The number of amidine groups is 1. The van der Waals surface area contributed by atoms with Crippen LogP contribution in [0.4, 0.5) is 0 Å². The third-order valence-electron chi connectivity index (χ3n) is 1.77. The lowest BCUT2D eigenvalue weighted by Crippen LogP contribution is -2.17. The Bertz CT molecular complexity index is 246. The lowest BCUT2D eigenvalue weighted by molar-refractivity contribution is 0.992. The van der Waals surface area contributed by atoms with Crippen molar-refractivity contribution in [3.63, 3.8) is 0 Å². The first-order valence-corrected chi connectivity index (χ1v) is 3.60. The second-order valence-corrected chi connectivity index (χ2v) is 2.59. The van der Waals surface area contributed by atoms with Gasteiger partial charge in [-0.1, -0.05) is 37.3 Å². The first-order valence-electron chi connectivity index (χ1n) is 3.60. The molecule has 0 aliphatic carbocycles. The second kappa shape index (κ2) is 4.78. The molecule has 1 aromatic carbocycles. The molecule has 0 aliphatic heterocycles. The van der Waals surface area contributed by atoms with Gasteiger partial charge in [0.15, 0.2) is 0 Å². The Morgan fingerprint density at radius 3 is 2.25 bits per heavy atom. The van der Waals surface area contributed by atoms with E-state index in [1.165, 1.54) is 0 Å². The van der Waals surface area contributed by atoms with Crippen LogP contribution in [0.15, 0.2) is 30.3 Å². The first-order chi connectivity index (χ1) is 5.22. The van der Waals surface area contributed by atoms with Gasteiger partial charge in [-0.15, -0.1) is 12.4 Å². The fourth-order valence-corrected chi connectivity index (χ4v) is 0.921. The Balaban J connectivity index is 0.00000121. The largest absolute Gasteiger partial charge is 0.387 e. The minimum atomic E-state index is 0. The van der Waals surface area contributed by atoms with Crippen molar-refractivity contribution in [2.24, 2.45) is 5.73 Å². The molecule has 0 fully saturated rings. The van der Waals surface area contributed by atoms with Crippen molar-refractivity contribution in [3.05, 3.63) is 35.9 Å². The van der Waals surface area contributed by atoms with Crippen molar-refractivity contribution in [1.29, 1.82) is 5.41 Å². The van der Waals surface area contributed by atoms with Gasteiger partial charge < -0.3 is 5.73 Å². The molecule has 3 heteroatoms. The minimum absolute atomic E-state index is 0. The molecular weight excluding hydrogens is 172 g/mol. The molecule has 12 heavy (non-hydrogen) atoms. The van der Waals surface area contributed by atoms with Gasteiger partial charge in [-0.3, -0.25) is 5.41 Å². The van der Waals surface area contributed by atoms with Crippen LogP contribution in [0.25, 0.3) is 0 Å². The maximum absolute atomic E-state index is 7.22. The SMILES string of the molecule is CC(C(=N)N)c1ccccc1.Cl. The van der Waals surface area contributed by atoms with Crippen molar-refractivity contribution < 1.29 is 0 Å². The van der Waals surface area contributed by atoms with E-state index in [9.17, 15) is 0 Å². The molecule has 0 radical (unpaired) electrons. The molecule has 0 heterocycles. The summed E-state index contributed by atoms with van der Waals surface area (Å²) in [5.41, 5.74) is 6.45. The van der Waals surface area contributed by atoms with Crippen molar-refractivity contribution in [2.45, 2.75) is 12.8 Å². The number of nitrogens with one attached hydrogen (secondary N) is 1. The van der Waals surface area contributed by atoms with Crippen LogP contribution in [0.1, 0.15) is 18.4 Å². The molecule has 3 N–H and O–H groups in total. The maximum atomic E-state index is 7.22. The Kier molecular flexibility index (Phi) is 4.37. The zero-order valence-corrected chi connectivity index (χ0v) is 7.77. The van der Waals surface area contributed by atoms with E-state index in [0.717, 1.165) is 5.56 Å². The molecule has 2 nitrogen and oxygen atoms in total. The molecule has 66 valence electrons. The molecular formula is C9H13ClN2. The second-order valence-electron chi connectivity index (χ2n) is 2.59. The summed E-state index contributed by atoms with van der Waals surface area (Å²) in [4.78, 5) is 0.